The van der Waals surface area contributed by atoms with Gasteiger partial charge in [0.15, 0.2) is 0 Å². The quantitative estimate of drug-likeness (QED) is 0.746. The fraction of sp³-hybridized carbons (Fsp3) is 0.318. The number of rotatable bonds is 3. The third-order valence-electron chi connectivity index (χ3n) is 5.55. The standard InChI is InChI=1S/C22H24N2O3/c1-15-16-8-3-5-10-18(16)23-20(15)21(25)24-13-7-12-22(26,14-24)17-9-4-6-11-19(17)27-2/h3-6,8-11,23,26H,7,12-14H2,1-2H3/t22-/m1/s1. The number of carbonyl (C=O) groups excluding carboxylic acids is 1. The molecule has 2 heterocycles. The lowest BCUT2D eigenvalue weighted by atomic mass is 9.85. The van der Waals surface area contributed by atoms with Crippen LogP contribution in [0.2, 0.25) is 0 Å². The Kier molecular flexibility index (Phi) is 4.40. The minimum atomic E-state index is -1.11. The summed E-state index contributed by atoms with van der Waals surface area (Å²) in [5, 5.41) is 12.4. The Morgan fingerprint density at radius 2 is 1.93 bits per heavy atom. The van der Waals surface area contributed by atoms with Crippen LogP contribution in [-0.4, -0.2) is 41.1 Å². The molecule has 5 nitrogen and oxygen atoms in total. The Labute approximate surface area is 158 Å². The number of hydrogen-bond donors (Lipinski definition) is 2. The number of carbonyl (C=O) groups is 1. The van der Waals surface area contributed by atoms with E-state index >= 15 is 0 Å². The number of nitrogens with one attached hydrogen (secondary N) is 1. The number of aromatic amines is 1. The number of methoxy groups -OCH3 is 1. The number of fused-ring (bicyclic) bond motifs is 1. The van der Waals surface area contributed by atoms with Gasteiger partial charge in [0.05, 0.1) is 13.7 Å². The molecule has 4 rings (SSSR count). The molecule has 140 valence electrons. The maximum absolute atomic E-state index is 13.2. The van der Waals surface area contributed by atoms with Crippen molar-refractivity contribution < 1.29 is 14.6 Å². The van der Waals surface area contributed by atoms with Crippen molar-refractivity contribution in [3.8, 4) is 5.75 Å². The van der Waals surface area contributed by atoms with Gasteiger partial charge in [0.1, 0.15) is 17.0 Å². The van der Waals surface area contributed by atoms with Crippen molar-refractivity contribution in [2.45, 2.75) is 25.4 Å². The number of aliphatic hydroxyl groups is 1. The van der Waals surface area contributed by atoms with Gasteiger partial charge in [0.2, 0.25) is 0 Å². The Morgan fingerprint density at radius 1 is 1.19 bits per heavy atom. The third kappa shape index (κ3) is 2.98. The molecule has 0 radical (unpaired) electrons. The molecule has 0 aliphatic carbocycles. The average Bonchev–Trinajstić information content (AvgIpc) is 3.04. The van der Waals surface area contributed by atoms with Crippen LogP contribution in [0.3, 0.4) is 0 Å². The fourth-order valence-electron chi connectivity index (χ4n) is 4.11. The van der Waals surface area contributed by atoms with E-state index in [0.29, 0.717) is 24.4 Å². The van der Waals surface area contributed by atoms with E-state index in [1.165, 1.54) is 0 Å². The van der Waals surface area contributed by atoms with E-state index < -0.39 is 5.60 Å². The van der Waals surface area contributed by atoms with Gasteiger partial charge in [-0.2, -0.15) is 0 Å². The highest BCUT2D eigenvalue weighted by Crippen LogP contribution is 2.37. The van der Waals surface area contributed by atoms with Gasteiger partial charge in [0, 0.05) is 23.0 Å². The van der Waals surface area contributed by atoms with Gasteiger partial charge in [-0.05, 0) is 37.5 Å². The van der Waals surface area contributed by atoms with Crippen molar-refractivity contribution >= 4 is 16.8 Å². The normalized spacial score (nSPS) is 20.0. The van der Waals surface area contributed by atoms with E-state index in [1.54, 1.807) is 12.0 Å². The molecule has 2 N–H and O–H groups in total. The first-order valence-corrected chi connectivity index (χ1v) is 9.26. The maximum atomic E-state index is 13.2. The summed E-state index contributed by atoms with van der Waals surface area (Å²) in [6.45, 7) is 2.84. The van der Waals surface area contributed by atoms with Crippen LogP contribution in [0.25, 0.3) is 10.9 Å². The summed E-state index contributed by atoms with van der Waals surface area (Å²) in [6.07, 6.45) is 1.34. The van der Waals surface area contributed by atoms with E-state index in [-0.39, 0.29) is 12.5 Å². The summed E-state index contributed by atoms with van der Waals surface area (Å²) >= 11 is 0. The fourth-order valence-corrected chi connectivity index (χ4v) is 4.11. The van der Waals surface area contributed by atoms with Crippen LogP contribution in [0, 0.1) is 6.92 Å². The molecule has 1 amide bonds. The first-order chi connectivity index (χ1) is 13.0. The van der Waals surface area contributed by atoms with E-state index in [0.717, 1.165) is 28.5 Å². The lowest BCUT2D eigenvalue weighted by molar-refractivity contribution is -0.0304. The molecule has 1 saturated heterocycles. The number of β-amino-alcohol motifs (C(OH)–C–C–N with tert-alkyl or cyclic N) is 1. The van der Waals surface area contributed by atoms with Crippen LogP contribution in [0.4, 0.5) is 0 Å². The van der Waals surface area contributed by atoms with E-state index in [2.05, 4.69) is 4.98 Å². The van der Waals surface area contributed by atoms with Crippen molar-refractivity contribution in [3.63, 3.8) is 0 Å². The molecule has 1 aromatic heterocycles. The second kappa shape index (κ2) is 6.74. The molecule has 3 aromatic rings. The molecule has 1 fully saturated rings. The number of amides is 1. The number of H-pyrrole nitrogens is 1. The van der Waals surface area contributed by atoms with Crippen molar-refractivity contribution in [2.75, 3.05) is 20.2 Å². The molecular formula is C22H24N2O3. The van der Waals surface area contributed by atoms with Gasteiger partial charge in [-0.3, -0.25) is 4.79 Å². The van der Waals surface area contributed by atoms with Crippen LogP contribution in [-0.2, 0) is 5.60 Å². The predicted molar refractivity (Wildman–Crippen MR) is 105 cm³/mol. The lowest BCUT2D eigenvalue weighted by Crippen LogP contribution is -2.48. The molecule has 0 unspecified atom stereocenters. The Hall–Kier alpha value is -2.79. The molecule has 27 heavy (non-hydrogen) atoms. The molecule has 5 heteroatoms. The summed E-state index contributed by atoms with van der Waals surface area (Å²) in [6, 6.07) is 15.4. The summed E-state index contributed by atoms with van der Waals surface area (Å²) in [5.41, 5.74) is 2.12. The first kappa shape index (κ1) is 17.6. The number of aryl methyl sites for hydroxylation is 1. The zero-order valence-electron chi connectivity index (χ0n) is 15.7. The monoisotopic (exact) mass is 364 g/mol. The number of hydrogen-bond acceptors (Lipinski definition) is 3. The van der Waals surface area contributed by atoms with Crippen LogP contribution < -0.4 is 4.74 Å². The molecule has 0 spiro atoms. The minimum Gasteiger partial charge on any atom is -0.496 e. The zero-order valence-corrected chi connectivity index (χ0v) is 15.7. The number of likely N-dealkylation sites (tertiary alicyclic amines) is 1. The van der Waals surface area contributed by atoms with Crippen molar-refractivity contribution in [1.29, 1.82) is 0 Å². The summed E-state index contributed by atoms with van der Waals surface area (Å²) in [5.74, 6) is 0.577. The summed E-state index contributed by atoms with van der Waals surface area (Å²) in [7, 11) is 1.60. The highest BCUT2D eigenvalue weighted by Gasteiger charge is 2.39. The highest BCUT2D eigenvalue weighted by molar-refractivity contribution is 6.01. The maximum Gasteiger partial charge on any atom is 0.270 e. The van der Waals surface area contributed by atoms with Gasteiger partial charge in [0.25, 0.3) is 5.91 Å². The average molecular weight is 364 g/mol. The van der Waals surface area contributed by atoms with Gasteiger partial charge in [-0.1, -0.05) is 36.4 Å². The van der Waals surface area contributed by atoms with Crippen LogP contribution >= 0.6 is 0 Å². The lowest BCUT2D eigenvalue weighted by Gasteiger charge is -2.40. The Balaban J connectivity index is 1.66. The number of piperidine rings is 1. The third-order valence-corrected chi connectivity index (χ3v) is 5.55. The van der Waals surface area contributed by atoms with Crippen molar-refractivity contribution in [2.24, 2.45) is 0 Å². The zero-order chi connectivity index (χ0) is 19.0. The smallest absolute Gasteiger partial charge is 0.270 e. The van der Waals surface area contributed by atoms with E-state index in [9.17, 15) is 9.90 Å². The van der Waals surface area contributed by atoms with Crippen LogP contribution in [0.15, 0.2) is 48.5 Å². The molecule has 1 aliphatic rings. The number of benzene rings is 2. The number of ether oxygens (including phenoxy) is 1. The SMILES string of the molecule is COc1ccccc1[C@@]1(O)CCCN(C(=O)c2[nH]c3ccccc3c2C)C1. The molecule has 2 aromatic carbocycles. The van der Waals surface area contributed by atoms with Gasteiger partial charge in [-0.15, -0.1) is 0 Å². The number of nitrogens with zero attached hydrogens (tertiary/aromatic N) is 1. The van der Waals surface area contributed by atoms with Crippen LogP contribution in [0.1, 0.15) is 34.5 Å². The Morgan fingerprint density at radius 3 is 2.70 bits per heavy atom. The molecule has 0 saturated carbocycles. The van der Waals surface area contributed by atoms with Gasteiger partial charge >= 0.3 is 0 Å². The van der Waals surface area contributed by atoms with Gasteiger partial charge < -0.3 is 19.7 Å². The minimum absolute atomic E-state index is 0.0725. The van der Waals surface area contributed by atoms with E-state index in [1.807, 2.05) is 55.5 Å². The number of para-hydroxylation sites is 2. The van der Waals surface area contributed by atoms with Crippen molar-refractivity contribution in [3.05, 3.63) is 65.4 Å². The second-order valence-corrected chi connectivity index (χ2v) is 7.23. The largest absolute Gasteiger partial charge is 0.496 e. The molecule has 0 bridgehead atoms. The number of aromatic nitrogens is 1. The molecule has 1 atom stereocenters. The molecular weight excluding hydrogens is 340 g/mol. The highest BCUT2D eigenvalue weighted by atomic mass is 16.5. The topological polar surface area (TPSA) is 65.6 Å². The molecule has 1 aliphatic heterocycles. The first-order valence-electron chi connectivity index (χ1n) is 9.26. The predicted octanol–water partition coefficient (Wildman–Crippen LogP) is 3.61. The van der Waals surface area contributed by atoms with E-state index in [4.69, 9.17) is 4.74 Å². The summed E-state index contributed by atoms with van der Waals surface area (Å²) < 4.78 is 5.43. The van der Waals surface area contributed by atoms with Crippen molar-refractivity contribution in [1.82, 2.24) is 9.88 Å². The summed E-state index contributed by atoms with van der Waals surface area (Å²) in [4.78, 5) is 18.2. The van der Waals surface area contributed by atoms with Gasteiger partial charge in [-0.25, -0.2) is 0 Å². The van der Waals surface area contributed by atoms with Crippen LogP contribution in [0.5, 0.6) is 5.75 Å². The second-order valence-electron chi connectivity index (χ2n) is 7.23. The Bertz CT molecular complexity index is 994.